The Balaban J connectivity index is 1.27. The molecule has 2 saturated carbocycles. The Morgan fingerprint density at radius 1 is 1.32 bits per heavy atom. The number of hydrogen-bond acceptors (Lipinski definition) is 6. The predicted molar refractivity (Wildman–Crippen MR) is 110 cm³/mol. The van der Waals surface area contributed by atoms with E-state index in [1.165, 1.54) is 42.3 Å². The van der Waals surface area contributed by atoms with Crippen molar-refractivity contribution in [2.24, 2.45) is 5.92 Å². The SMILES string of the molecule is C[C@@H]1CCc2c(sc(NC(=O)CSc3nnc(C4CC4)n3C3CC3)c2C#N)C1. The van der Waals surface area contributed by atoms with Gasteiger partial charge >= 0.3 is 0 Å². The first-order valence-electron chi connectivity index (χ1n) is 10.1. The zero-order valence-corrected chi connectivity index (χ0v) is 17.5. The number of amides is 1. The molecule has 1 atom stereocenters. The van der Waals surface area contributed by atoms with Crippen molar-refractivity contribution in [3.05, 3.63) is 21.8 Å². The summed E-state index contributed by atoms with van der Waals surface area (Å²) in [6.45, 7) is 2.25. The standard InChI is InChI=1S/C20H23N5OS2/c1-11-2-7-14-15(9-21)19(28-16(14)8-11)22-17(26)10-27-20-24-23-18(12-3-4-12)25(20)13-5-6-13/h11-13H,2-8,10H2,1H3,(H,22,26)/t11-/m1/s1. The lowest BCUT2D eigenvalue weighted by molar-refractivity contribution is -0.113. The third kappa shape index (κ3) is 3.46. The zero-order valence-electron chi connectivity index (χ0n) is 15.9. The van der Waals surface area contributed by atoms with E-state index in [0.717, 1.165) is 40.8 Å². The number of nitrogens with zero attached hydrogens (tertiary/aromatic N) is 4. The molecule has 1 N–H and O–H groups in total. The fraction of sp³-hybridized carbons (Fsp3) is 0.600. The molecule has 0 aromatic carbocycles. The third-order valence-electron chi connectivity index (χ3n) is 5.75. The highest BCUT2D eigenvalue weighted by molar-refractivity contribution is 7.99. The van der Waals surface area contributed by atoms with Crippen molar-refractivity contribution in [3.63, 3.8) is 0 Å². The normalized spacial score (nSPS) is 21.2. The van der Waals surface area contributed by atoms with Gasteiger partial charge in [-0.05, 0) is 56.4 Å². The summed E-state index contributed by atoms with van der Waals surface area (Å²) in [6, 6.07) is 2.84. The van der Waals surface area contributed by atoms with Gasteiger partial charge in [0.15, 0.2) is 5.16 Å². The Kier molecular flexibility index (Phi) is 4.68. The number of thioether (sulfide) groups is 1. The molecule has 2 heterocycles. The second-order valence-electron chi connectivity index (χ2n) is 8.22. The van der Waals surface area contributed by atoms with Gasteiger partial charge in [-0.25, -0.2) is 0 Å². The first-order valence-corrected chi connectivity index (χ1v) is 11.9. The van der Waals surface area contributed by atoms with Gasteiger partial charge in [0.2, 0.25) is 5.91 Å². The van der Waals surface area contributed by atoms with Crippen LogP contribution in [0.5, 0.6) is 0 Å². The summed E-state index contributed by atoms with van der Waals surface area (Å²) in [5.41, 5.74) is 1.82. The molecule has 0 unspecified atom stereocenters. The average Bonchev–Trinajstić information content (AvgIpc) is 3.61. The lowest BCUT2D eigenvalue weighted by Gasteiger charge is -2.17. The van der Waals surface area contributed by atoms with E-state index in [1.54, 1.807) is 11.3 Å². The maximum Gasteiger partial charge on any atom is 0.235 e. The second kappa shape index (κ2) is 7.20. The van der Waals surface area contributed by atoms with E-state index in [2.05, 4.69) is 33.1 Å². The molecule has 28 heavy (non-hydrogen) atoms. The molecule has 3 aliphatic carbocycles. The van der Waals surface area contributed by atoms with Crippen LogP contribution in [0.3, 0.4) is 0 Å². The number of nitrogens with one attached hydrogen (secondary N) is 1. The van der Waals surface area contributed by atoms with Crippen LogP contribution in [-0.4, -0.2) is 26.4 Å². The van der Waals surface area contributed by atoms with Gasteiger partial charge in [-0.3, -0.25) is 4.79 Å². The van der Waals surface area contributed by atoms with Gasteiger partial charge in [0.25, 0.3) is 0 Å². The van der Waals surface area contributed by atoms with Gasteiger partial charge in [0.1, 0.15) is 16.9 Å². The average molecular weight is 414 g/mol. The van der Waals surface area contributed by atoms with Gasteiger partial charge in [0.05, 0.1) is 11.3 Å². The van der Waals surface area contributed by atoms with E-state index in [0.29, 0.717) is 29.2 Å². The highest BCUT2D eigenvalue weighted by Crippen LogP contribution is 2.46. The highest BCUT2D eigenvalue weighted by Gasteiger charge is 2.36. The van der Waals surface area contributed by atoms with E-state index >= 15 is 0 Å². The summed E-state index contributed by atoms with van der Waals surface area (Å²) in [6.07, 6.45) is 7.83. The Labute approximate surface area is 172 Å². The molecule has 2 fully saturated rings. The van der Waals surface area contributed by atoms with Gasteiger partial charge in [-0.15, -0.1) is 21.5 Å². The maximum absolute atomic E-state index is 12.6. The third-order valence-corrected chi connectivity index (χ3v) is 7.87. The number of carbonyl (C=O) groups excluding carboxylic acids is 1. The summed E-state index contributed by atoms with van der Waals surface area (Å²) in [5, 5.41) is 22.9. The quantitative estimate of drug-likeness (QED) is 0.715. The van der Waals surface area contributed by atoms with E-state index in [-0.39, 0.29) is 5.91 Å². The van der Waals surface area contributed by atoms with Crippen LogP contribution < -0.4 is 5.32 Å². The molecular weight excluding hydrogens is 390 g/mol. The number of aromatic nitrogens is 3. The second-order valence-corrected chi connectivity index (χ2v) is 10.3. The van der Waals surface area contributed by atoms with Gasteiger partial charge < -0.3 is 9.88 Å². The highest BCUT2D eigenvalue weighted by atomic mass is 32.2. The summed E-state index contributed by atoms with van der Waals surface area (Å²) < 4.78 is 2.27. The van der Waals surface area contributed by atoms with Crippen LogP contribution in [0.4, 0.5) is 5.00 Å². The molecule has 2 aromatic heterocycles. The number of thiophene rings is 1. The van der Waals surface area contributed by atoms with Gasteiger partial charge in [-0.1, -0.05) is 18.7 Å². The number of hydrogen-bond donors (Lipinski definition) is 1. The van der Waals surface area contributed by atoms with Crippen molar-refractivity contribution in [2.75, 3.05) is 11.1 Å². The van der Waals surface area contributed by atoms with E-state index in [4.69, 9.17) is 0 Å². The Morgan fingerprint density at radius 2 is 2.14 bits per heavy atom. The molecule has 0 spiro atoms. The topological polar surface area (TPSA) is 83.6 Å². The minimum Gasteiger partial charge on any atom is -0.316 e. The van der Waals surface area contributed by atoms with Crippen molar-refractivity contribution in [1.29, 1.82) is 5.26 Å². The first-order chi connectivity index (χ1) is 13.6. The Hall–Kier alpha value is -1.85. The van der Waals surface area contributed by atoms with Crippen LogP contribution in [0.1, 0.15) is 72.8 Å². The lowest BCUT2D eigenvalue weighted by Crippen LogP contribution is -2.15. The number of nitriles is 1. The molecule has 3 aliphatic rings. The monoisotopic (exact) mass is 413 g/mol. The fourth-order valence-corrected chi connectivity index (χ4v) is 6.12. The van der Waals surface area contributed by atoms with Crippen LogP contribution in [0.15, 0.2) is 5.16 Å². The molecular formula is C20H23N5OS2. The van der Waals surface area contributed by atoms with Crippen molar-refractivity contribution < 1.29 is 4.79 Å². The number of rotatable bonds is 6. The number of fused-ring (bicyclic) bond motifs is 1. The number of carbonyl (C=O) groups is 1. The van der Waals surface area contributed by atoms with Gasteiger partial charge in [-0.2, -0.15) is 5.26 Å². The van der Waals surface area contributed by atoms with Crippen LogP contribution in [0, 0.1) is 17.2 Å². The molecule has 0 aliphatic heterocycles. The van der Waals surface area contributed by atoms with Crippen molar-refractivity contribution in [3.8, 4) is 6.07 Å². The molecule has 146 valence electrons. The van der Waals surface area contributed by atoms with Gasteiger partial charge in [0, 0.05) is 16.8 Å². The van der Waals surface area contributed by atoms with Crippen molar-refractivity contribution in [2.45, 2.75) is 69.0 Å². The van der Waals surface area contributed by atoms with Crippen molar-refractivity contribution in [1.82, 2.24) is 14.8 Å². The first kappa shape index (κ1) is 18.2. The smallest absolute Gasteiger partial charge is 0.235 e. The fourth-order valence-electron chi connectivity index (χ4n) is 3.93. The van der Waals surface area contributed by atoms with E-state index in [1.807, 2.05) is 0 Å². The van der Waals surface area contributed by atoms with Crippen LogP contribution in [-0.2, 0) is 17.6 Å². The molecule has 2 aromatic rings. The Bertz CT molecular complexity index is 964. The van der Waals surface area contributed by atoms with E-state index < -0.39 is 0 Å². The molecule has 5 rings (SSSR count). The Morgan fingerprint density at radius 3 is 2.86 bits per heavy atom. The van der Waals surface area contributed by atoms with Crippen molar-refractivity contribution >= 4 is 34.0 Å². The predicted octanol–water partition coefficient (Wildman–Crippen LogP) is 4.28. The summed E-state index contributed by atoms with van der Waals surface area (Å²) in [4.78, 5) is 13.9. The molecule has 8 heteroatoms. The molecule has 6 nitrogen and oxygen atoms in total. The zero-order chi connectivity index (χ0) is 19.3. The largest absolute Gasteiger partial charge is 0.316 e. The van der Waals surface area contributed by atoms with E-state index in [9.17, 15) is 10.1 Å². The minimum absolute atomic E-state index is 0.0773. The summed E-state index contributed by atoms with van der Waals surface area (Å²) >= 11 is 3.03. The molecule has 0 saturated heterocycles. The van der Waals surface area contributed by atoms with Crippen LogP contribution >= 0.6 is 23.1 Å². The van der Waals surface area contributed by atoms with Crippen LogP contribution in [0.25, 0.3) is 0 Å². The maximum atomic E-state index is 12.6. The summed E-state index contributed by atoms with van der Waals surface area (Å²) in [5.74, 6) is 2.53. The lowest BCUT2D eigenvalue weighted by atomic mass is 9.89. The molecule has 1 amide bonds. The molecule has 0 bridgehead atoms. The van der Waals surface area contributed by atoms with Crippen LogP contribution in [0.2, 0.25) is 0 Å². The minimum atomic E-state index is -0.0773. The number of anilines is 1. The molecule has 0 radical (unpaired) electrons. The summed E-state index contributed by atoms with van der Waals surface area (Å²) in [7, 11) is 0.